The predicted octanol–water partition coefficient (Wildman–Crippen LogP) is 0.836. The van der Waals surface area contributed by atoms with Crippen LogP contribution in [0.5, 0.6) is 0 Å². The number of aliphatic carboxylic acids is 1. The molecule has 0 saturated heterocycles. The van der Waals surface area contributed by atoms with Crippen molar-refractivity contribution in [2.75, 3.05) is 6.54 Å². The van der Waals surface area contributed by atoms with Gasteiger partial charge in [-0.25, -0.2) is 0 Å². The second kappa shape index (κ2) is 5.23. The normalized spacial score (nSPS) is 13.0. The van der Waals surface area contributed by atoms with E-state index in [9.17, 15) is 4.79 Å². The van der Waals surface area contributed by atoms with E-state index in [0.717, 1.165) is 19.3 Å². The van der Waals surface area contributed by atoms with Crippen molar-refractivity contribution in [2.45, 2.75) is 26.2 Å². The molecule has 3 heteroatoms. The predicted molar refractivity (Wildman–Crippen MR) is 39.7 cm³/mol. The van der Waals surface area contributed by atoms with Crippen LogP contribution >= 0.6 is 0 Å². The lowest BCUT2D eigenvalue weighted by atomic mass is 10.1. The van der Waals surface area contributed by atoms with E-state index in [1.807, 2.05) is 0 Å². The maximum atomic E-state index is 10.3. The zero-order valence-corrected chi connectivity index (χ0v) is 6.34. The molecule has 10 heavy (non-hydrogen) atoms. The van der Waals surface area contributed by atoms with Crippen molar-refractivity contribution < 1.29 is 9.90 Å². The summed E-state index contributed by atoms with van der Waals surface area (Å²) in [7, 11) is 0. The highest BCUT2D eigenvalue weighted by Crippen LogP contribution is 2.06. The number of hydrogen-bond acceptors (Lipinski definition) is 2. The Hall–Kier alpha value is -0.570. The minimum Gasteiger partial charge on any atom is -0.481 e. The zero-order valence-electron chi connectivity index (χ0n) is 6.34. The smallest absolute Gasteiger partial charge is 0.306 e. The number of nitrogens with two attached hydrogens (primary N) is 1. The highest BCUT2D eigenvalue weighted by molar-refractivity contribution is 5.69. The molecule has 0 aliphatic rings. The summed E-state index contributed by atoms with van der Waals surface area (Å²) >= 11 is 0. The van der Waals surface area contributed by atoms with Crippen LogP contribution in [-0.2, 0) is 4.79 Å². The maximum Gasteiger partial charge on any atom is 0.306 e. The average molecular weight is 145 g/mol. The van der Waals surface area contributed by atoms with E-state index >= 15 is 0 Å². The highest BCUT2D eigenvalue weighted by atomic mass is 16.4. The van der Waals surface area contributed by atoms with Crippen molar-refractivity contribution >= 4 is 5.97 Å². The molecule has 0 radical (unpaired) electrons. The summed E-state index contributed by atoms with van der Waals surface area (Å²) in [6.07, 6.45) is 2.59. The number of rotatable bonds is 5. The van der Waals surface area contributed by atoms with Crippen molar-refractivity contribution in [1.29, 1.82) is 0 Å². The summed E-state index contributed by atoms with van der Waals surface area (Å²) in [6, 6.07) is 0. The molecule has 60 valence electrons. The summed E-state index contributed by atoms with van der Waals surface area (Å²) < 4.78 is 0. The summed E-state index contributed by atoms with van der Waals surface area (Å²) in [5, 5.41) is 8.45. The van der Waals surface area contributed by atoms with E-state index in [0.29, 0.717) is 6.54 Å². The molecule has 0 bridgehead atoms. The molecule has 3 nitrogen and oxygen atoms in total. The fraction of sp³-hybridized carbons (Fsp3) is 0.857. The first kappa shape index (κ1) is 9.43. The van der Waals surface area contributed by atoms with Crippen LogP contribution in [0.1, 0.15) is 26.2 Å². The Balaban J connectivity index is 3.21. The molecule has 1 atom stereocenters. The van der Waals surface area contributed by atoms with Gasteiger partial charge in [-0.05, 0) is 19.4 Å². The number of carbonyl (C=O) groups is 1. The van der Waals surface area contributed by atoms with Crippen molar-refractivity contribution in [3.05, 3.63) is 0 Å². The third-order valence-corrected chi connectivity index (χ3v) is 1.51. The Kier molecular flexibility index (Phi) is 4.94. The second-order valence-electron chi connectivity index (χ2n) is 2.52. The van der Waals surface area contributed by atoms with Gasteiger partial charge in [-0.3, -0.25) is 4.79 Å². The molecule has 0 spiro atoms. The van der Waals surface area contributed by atoms with Gasteiger partial charge < -0.3 is 10.8 Å². The Bertz CT molecular complexity index is 104. The van der Waals surface area contributed by atoms with E-state index in [4.69, 9.17) is 10.8 Å². The van der Waals surface area contributed by atoms with Gasteiger partial charge in [-0.15, -0.1) is 0 Å². The fourth-order valence-corrected chi connectivity index (χ4v) is 0.718. The van der Waals surface area contributed by atoms with Crippen LogP contribution in [0.2, 0.25) is 0 Å². The standard InChI is InChI=1S/C7H15NO2/c1-6(7(9)10)4-2-3-5-8/h6H,2-5,8H2,1H3,(H,9,10)/t6-/m0/s1. The van der Waals surface area contributed by atoms with Crippen molar-refractivity contribution in [3.8, 4) is 0 Å². The van der Waals surface area contributed by atoms with Crippen LogP contribution in [0, 0.1) is 5.92 Å². The molecule has 0 heterocycles. The molecule has 0 aliphatic carbocycles. The maximum absolute atomic E-state index is 10.3. The third kappa shape index (κ3) is 4.32. The SMILES string of the molecule is C[C@@H](CCCCN)C(=O)O. The second-order valence-corrected chi connectivity index (χ2v) is 2.52. The van der Waals surface area contributed by atoms with Crippen LogP contribution in [-0.4, -0.2) is 17.6 Å². The van der Waals surface area contributed by atoms with Crippen LogP contribution in [0.15, 0.2) is 0 Å². The van der Waals surface area contributed by atoms with E-state index < -0.39 is 5.97 Å². The molecule has 0 amide bonds. The Morgan fingerprint density at radius 2 is 2.20 bits per heavy atom. The molecule has 0 aromatic heterocycles. The van der Waals surface area contributed by atoms with E-state index in [-0.39, 0.29) is 5.92 Å². The highest BCUT2D eigenvalue weighted by Gasteiger charge is 2.08. The first-order valence-electron chi connectivity index (χ1n) is 3.61. The molecule has 0 fully saturated rings. The lowest BCUT2D eigenvalue weighted by molar-refractivity contribution is -0.141. The number of hydrogen-bond donors (Lipinski definition) is 2. The van der Waals surface area contributed by atoms with E-state index in [1.165, 1.54) is 0 Å². The van der Waals surface area contributed by atoms with Crippen LogP contribution < -0.4 is 5.73 Å². The minimum absolute atomic E-state index is 0.216. The Labute approximate surface area is 61.2 Å². The van der Waals surface area contributed by atoms with Crippen molar-refractivity contribution in [3.63, 3.8) is 0 Å². The topological polar surface area (TPSA) is 63.3 Å². The van der Waals surface area contributed by atoms with Gasteiger partial charge in [0.2, 0.25) is 0 Å². The molecular formula is C7H15NO2. The molecule has 0 unspecified atom stereocenters. The zero-order chi connectivity index (χ0) is 7.98. The molecular weight excluding hydrogens is 130 g/mol. The first-order chi connectivity index (χ1) is 4.68. The molecule has 0 aliphatic heterocycles. The Morgan fingerprint density at radius 3 is 2.60 bits per heavy atom. The van der Waals surface area contributed by atoms with Crippen molar-refractivity contribution in [1.82, 2.24) is 0 Å². The number of unbranched alkanes of at least 4 members (excludes halogenated alkanes) is 1. The van der Waals surface area contributed by atoms with Crippen molar-refractivity contribution in [2.24, 2.45) is 11.7 Å². The van der Waals surface area contributed by atoms with Gasteiger partial charge in [0.15, 0.2) is 0 Å². The van der Waals surface area contributed by atoms with Gasteiger partial charge in [-0.2, -0.15) is 0 Å². The average Bonchev–Trinajstić information content (AvgIpc) is 1.88. The molecule has 0 rings (SSSR count). The summed E-state index contributed by atoms with van der Waals surface area (Å²) in [5.74, 6) is -0.927. The van der Waals surface area contributed by atoms with Gasteiger partial charge in [0.25, 0.3) is 0 Å². The summed E-state index contributed by atoms with van der Waals surface area (Å²) in [6.45, 7) is 2.38. The van der Waals surface area contributed by atoms with Gasteiger partial charge >= 0.3 is 5.97 Å². The quantitative estimate of drug-likeness (QED) is 0.563. The molecule has 0 aromatic carbocycles. The van der Waals surface area contributed by atoms with Gasteiger partial charge in [-0.1, -0.05) is 13.3 Å². The van der Waals surface area contributed by atoms with E-state index in [2.05, 4.69) is 0 Å². The van der Waals surface area contributed by atoms with Crippen LogP contribution in [0.4, 0.5) is 0 Å². The minimum atomic E-state index is -0.711. The van der Waals surface area contributed by atoms with Gasteiger partial charge in [0.1, 0.15) is 0 Å². The fourth-order valence-electron chi connectivity index (χ4n) is 0.718. The lowest BCUT2D eigenvalue weighted by Gasteiger charge is -2.03. The molecule has 3 N–H and O–H groups in total. The number of carboxylic acid groups (broad SMARTS) is 1. The summed E-state index contributed by atoms with van der Waals surface area (Å²) in [5.41, 5.74) is 5.24. The van der Waals surface area contributed by atoms with Crippen LogP contribution in [0.3, 0.4) is 0 Å². The Morgan fingerprint density at radius 1 is 1.60 bits per heavy atom. The molecule has 0 saturated carbocycles. The lowest BCUT2D eigenvalue weighted by Crippen LogP contribution is -2.09. The van der Waals surface area contributed by atoms with Gasteiger partial charge in [0.05, 0.1) is 5.92 Å². The largest absolute Gasteiger partial charge is 0.481 e. The first-order valence-corrected chi connectivity index (χ1v) is 3.61. The van der Waals surface area contributed by atoms with Crippen LogP contribution in [0.25, 0.3) is 0 Å². The van der Waals surface area contributed by atoms with Gasteiger partial charge in [0, 0.05) is 0 Å². The van der Waals surface area contributed by atoms with E-state index in [1.54, 1.807) is 6.92 Å². The summed E-state index contributed by atoms with van der Waals surface area (Å²) in [4.78, 5) is 10.3. The third-order valence-electron chi connectivity index (χ3n) is 1.51. The molecule has 0 aromatic rings. The number of carboxylic acids is 1. The monoisotopic (exact) mass is 145 g/mol.